The van der Waals surface area contributed by atoms with Gasteiger partial charge in [-0.05, 0) is 37.0 Å². The molecule has 0 saturated carbocycles. The summed E-state index contributed by atoms with van der Waals surface area (Å²) in [5, 5.41) is 6.47. The second-order valence-electron chi connectivity index (χ2n) is 8.53. The van der Waals surface area contributed by atoms with Crippen LogP contribution in [-0.4, -0.2) is 53.1 Å². The quantitative estimate of drug-likeness (QED) is 0.463. The van der Waals surface area contributed by atoms with Crippen molar-refractivity contribution in [2.45, 2.75) is 39.3 Å². The fourth-order valence-electron chi connectivity index (χ4n) is 4.00. The van der Waals surface area contributed by atoms with Gasteiger partial charge in [-0.25, -0.2) is 4.98 Å². The van der Waals surface area contributed by atoms with Crippen molar-refractivity contribution < 1.29 is 14.3 Å². The highest BCUT2D eigenvalue weighted by molar-refractivity contribution is 7.22. The molecule has 1 aliphatic rings. The Balaban J connectivity index is 1.41. The van der Waals surface area contributed by atoms with Crippen molar-refractivity contribution in [1.82, 2.24) is 25.2 Å². The smallest absolute Gasteiger partial charge is 0.273 e. The van der Waals surface area contributed by atoms with Gasteiger partial charge in [0.05, 0.1) is 13.0 Å². The fraction of sp³-hybridized carbons (Fsp3) is 0.458. The molecule has 0 bridgehead atoms. The van der Waals surface area contributed by atoms with Gasteiger partial charge in [0, 0.05) is 26.2 Å². The average Bonchev–Trinajstić information content (AvgIpc) is 3.33. The third-order valence-corrected chi connectivity index (χ3v) is 7.04. The second-order valence-corrected chi connectivity index (χ2v) is 9.51. The van der Waals surface area contributed by atoms with E-state index < -0.39 is 0 Å². The third-order valence-electron chi connectivity index (χ3n) is 5.95. The third kappa shape index (κ3) is 5.97. The maximum atomic E-state index is 13.0. The highest BCUT2D eigenvalue weighted by Crippen LogP contribution is 2.29. The molecule has 3 heterocycles. The maximum absolute atomic E-state index is 13.0. The first-order chi connectivity index (χ1) is 17.0. The van der Waals surface area contributed by atoms with E-state index in [0.717, 1.165) is 37.1 Å². The number of benzene rings is 1. The Morgan fingerprint density at radius 1 is 1.23 bits per heavy atom. The normalized spacial score (nSPS) is 15.7. The number of ether oxygens (including phenoxy) is 1. The SMILES string of the molecule is CCCNC(=O)[C@H]1CCCN(c2nc3ncn(CC(=O)NCc4ccc(OC)cc4)c(=O)c3s2)C1. The molecule has 11 heteroatoms. The summed E-state index contributed by atoms with van der Waals surface area (Å²) in [6.07, 6.45) is 3.98. The van der Waals surface area contributed by atoms with Crippen molar-refractivity contribution in [3.05, 3.63) is 46.5 Å². The number of nitrogens with zero attached hydrogens (tertiary/aromatic N) is 4. The molecular weight excluding hydrogens is 468 g/mol. The molecule has 35 heavy (non-hydrogen) atoms. The lowest BCUT2D eigenvalue weighted by Gasteiger charge is -2.31. The molecule has 0 aliphatic carbocycles. The summed E-state index contributed by atoms with van der Waals surface area (Å²) in [7, 11) is 1.60. The molecule has 1 fully saturated rings. The Morgan fingerprint density at radius 2 is 2.03 bits per heavy atom. The van der Waals surface area contributed by atoms with E-state index in [0.29, 0.717) is 35.1 Å². The highest BCUT2D eigenvalue weighted by atomic mass is 32.1. The highest BCUT2D eigenvalue weighted by Gasteiger charge is 2.27. The van der Waals surface area contributed by atoms with Gasteiger partial charge in [0.25, 0.3) is 5.56 Å². The Morgan fingerprint density at radius 3 is 2.77 bits per heavy atom. The topological polar surface area (TPSA) is 118 Å². The van der Waals surface area contributed by atoms with Crippen LogP contribution in [0.15, 0.2) is 35.4 Å². The lowest BCUT2D eigenvalue weighted by Crippen LogP contribution is -2.43. The molecule has 3 aromatic rings. The number of methoxy groups -OCH3 is 1. The molecule has 0 unspecified atom stereocenters. The monoisotopic (exact) mass is 498 g/mol. The van der Waals surface area contributed by atoms with E-state index in [4.69, 9.17) is 4.74 Å². The van der Waals surface area contributed by atoms with Crippen LogP contribution in [-0.2, 0) is 22.7 Å². The Hall–Kier alpha value is -3.47. The number of carbonyl (C=O) groups is 2. The van der Waals surface area contributed by atoms with Gasteiger partial charge in [0.15, 0.2) is 10.8 Å². The number of thiazole rings is 1. The van der Waals surface area contributed by atoms with Crippen LogP contribution in [0.5, 0.6) is 5.75 Å². The van der Waals surface area contributed by atoms with Gasteiger partial charge >= 0.3 is 0 Å². The minimum absolute atomic E-state index is 0.0683. The number of piperidine rings is 1. The van der Waals surface area contributed by atoms with E-state index in [9.17, 15) is 14.4 Å². The second kappa shape index (κ2) is 11.3. The first-order valence-corrected chi connectivity index (χ1v) is 12.6. The molecule has 0 spiro atoms. The summed E-state index contributed by atoms with van der Waals surface area (Å²) in [6, 6.07) is 7.40. The van der Waals surface area contributed by atoms with Gasteiger partial charge in [0.1, 0.15) is 23.3 Å². The van der Waals surface area contributed by atoms with E-state index in [1.165, 1.54) is 22.2 Å². The maximum Gasteiger partial charge on any atom is 0.273 e. The zero-order valence-electron chi connectivity index (χ0n) is 20.0. The number of nitrogens with one attached hydrogen (secondary N) is 2. The predicted octanol–water partition coefficient (Wildman–Crippen LogP) is 1.92. The summed E-state index contributed by atoms with van der Waals surface area (Å²) in [5.41, 5.74) is 0.991. The van der Waals surface area contributed by atoms with Crippen LogP contribution >= 0.6 is 11.3 Å². The zero-order valence-corrected chi connectivity index (χ0v) is 20.8. The van der Waals surface area contributed by atoms with Gasteiger partial charge in [-0.1, -0.05) is 30.4 Å². The Kier molecular flexibility index (Phi) is 7.96. The first-order valence-electron chi connectivity index (χ1n) is 11.8. The number of rotatable bonds is 9. The van der Waals surface area contributed by atoms with Crippen LogP contribution in [0.2, 0.25) is 0 Å². The number of hydrogen-bond acceptors (Lipinski definition) is 8. The summed E-state index contributed by atoms with van der Waals surface area (Å²) in [6.45, 7) is 4.26. The minimum Gasteiger partial charge on any atom is -0.497 e. The molecule has 10 nitrogen and oxygen atoms in total. The molecule has 4 rings (SSSR count). The summed E-state index contributed by atoms with van der Waals surface area (Å²) in [4.78, 5) is 48.8. The van der Waals surface area contributed by atoms with Crippen molar-refractivity contribution in [2.24, 2.45) is 5.92 Å². The molecule has 2 N–H and O–H groups in total. The van der Waals surface area contributed by atoms with Crippen molar-refractivity contribution >= 4 is 38.6 Å². The Labute approximate surface area is 207 Å². The van der Waals surface area contributed by atoms with Gasteiger partial charge in [-0.2, -0.15) is 4.98 Å². The Bertz CT molecular complexity index is 1240. The van der Waals surface area contributed by atoms with Crippen LogP contribution in [0.1, 0.15) is 31.7 Å². The molecular formula is C24H30N6O4S. The molecule has 0 radical (unpaired) electrons. The van der Waals surface area contributed by atoms with E-state index >= 15 is 0 Å². The van der Waals surface area contributed by atoms with E-state index in [1.807, 2.05) is 31.2 Å². The van der Waals surface area contributed by atoms with Crippen LogP contribution in [0.4, 0.5) is 5.13 Å². The average molecular weight is 499 g/mol. The lowest BCUT2D eigenvalue weighted by atomic mass is 9.97. The number of amides is 2. The molecule has 2 aromatic heterocycles. The van der Waals surface area contributed by atoms with Gasteiger partial charge < -0.3 is 20.3 Å². The first kappa shape index (κ1) is 24.6. The number of aromatic nitrogens is 3. The molecule has 186 valence electrons. The largest absolute Gasteiger partial charge is 0.497 e. The lowest BCUT2D eigenvalue weighted by molar-refractivity contribution is -0.125. The summed E-state index contributed by atoms with van der Waals surface area (Å²) >= 11 is 1.26. The van der Waals surface area contributed by atoms with Crippen molar-refractivity contribution in [1.29, 1.82) is 0 Å². The number of fused-ring (bicyclic) bond motifs is 1. The minimum atomic E-state index is -0.299. The van der Waals surface area contributed by atoms with Crippen LogP contribution in [0.3, 0.4) is 0 Å². The van der Waals surface area contributed by atoms with Crippen molar-refractivity contribution in [3.8, 4) is 5.75 Å². The number of carbonyl (C=O) groups excluding carboxylic acids is 2. The molecule has 2 amide bonds. The number of hydrogen-bond donors (Lipinski definition) is 2. The summed E-state index contributed by atoms with van der Waals surface area (Å²) < 4.78 is 6.84. The zero-order chi connectivity index (χ0) is 24.8. The van der Waals surface area contributed by atoms with E-state index in [2.05, 4.69) is 25.5 Å². The molecule has 1 aromatic carbocycles. The van der Waals surface area contributed by atoms with Crippen molar-refractivity contribution in [3.63, 3.8) is 0 Å². The van der Waals surface area contributed by atoms with Gasteiger partial charge in [-0.15, -0.1) is 0 Å². The van der Waals surface area contributed by atoms with Crippen LogP contribution in [0, 0.1) is 5.92 Å². The predicted molar refractivity (Wildman–Crippen MR) is 135 cm³/mol. The van der Waals surface area contributed by atoms with Gasteiger partial charge in [0.2, 0.25) is 11.8 Å². The standard InChI is InChI=1S/C24H30N6O4S/c1-3-10-25-22(32)17-5-4-11-29(13-17)24-28-21-20(35-24)23(33)30(15-27-21)14-19(31)26-12-16-6-8-18(34-2)9-7-16/h6-9,15,17H,3-5,10-14H2,1-2H3,(H,25,32)(H,26,31)/t17-/m0/s1. The van der Waals surface area contributed by atoms with Gasteiger partial charge in [-0.3, -0.25) is 19.0 Å². The van der Waals surface area contributed by atoms with Crippen molar-refractivity contribution in [2.75, 3.05) is 31.6 Å². The van der Waals surface area contributed by atoms with E-state index in [1.54, 1.807) is 7.11 Å². The fourth-order valence-corrected chi connectivity index (χ4v) is 5.00. The molecule has 1 atom stereocenters. The number of anilines is 1. The molecule has 1 saturated heterocycles. The summed E-state index contributed by atoms with van der Waals surface area (Å²) in [5.74, 6) is 0.431. The van der Waals surface area contributed by atoms with Crippen LogP contribution < -0.4 is 25.8 Å². The van der Waals surface area contributed by atoms with Crippen LogP contribution in [0.25, 0.3) is 10.3 Å². The van der Waals surface area contributed by atoms with E-state index in [-0.39, 0.29) is 29.8 Å². The molecule has 1 aliphatic heterocycles.